The van der Waals surface area contributed by atoms with E-state index in [1.807, 2.05) is 0 Å². The van der Waals surface area contributed by atoms with Crippen LogP contribution in [0.25, 0.3) is 0 Å². The minimum absolute atomic E-state index is 0.390. The molecule has 19 heavy (non-hydrogen) atoms. The summed E-state index contributed by atoms with van der Waals surface area (Å²) in [5.41, 5.74) is 5.64. The van der Waals surface area contributed by atoms with Crippen LogP contribution in [-0.2, 0) is 0 Å². The van der Waals surface area contributed by atoms with Gasteiger partial charge in [-0.3, -0.25) is 9.80 Å². The molecule has 0 bridgehead atoms. The first-order valence-electron chi connectivity index (χ1n) is 7.19. The highest BCUT2D eigenvalue weighted by Crippen LogP contribution is 2.28. The van der Waals surface area contributed by atoms with E-state index in [2.05, 4.69) is 62.1 Å². The van der Waals surface area contributed by atoms with Gasteiger partial charge in [-0.25, -0.2) is 0 Å². The first-order valence-corrected chi connectivity index (χ1v) is 7.19. The Balaban J connectivity index is 2.35. The number of hydrogen-bond acceptors (Lipinski definition) is 3. The Morgan fingerprint density at radius 1 is 1.00 bits per heavy atom. The third-order valence-corrected chi connectivity index (χ3v) is 4.15. The van der Waals surface area contributed by atoms with Crippen LogP contribution in [0.15, 0.2) is 12.1 Å². The van der Waals surface area contributed by atoms with Crippen molar-refractivity contribution >= 4 is 0 Å². The molecule has 0 radical (unpaired) electrons. The number of nitrogens with one attached hydrogen (secondary N) is 1. The number of aryl methyl sites for hydroxylation is 3. The van der Waals surface area contributed by atoms with Crippen LogP contribution in [-0.4, -0.2) is 50.1 Å². The van der Waals surface area contributed by atoms with Gasteiger partial charge in [-0.15, -0.1) is 0 Å². The molecule has 1 aliphatic rings. The molecule has 0 saturated carbocycles. The summed E-state index contributed by atoms with van der Waals surface area (Å²) in [7, 11) is 4.36. The Kier molecular flexibility index (Phi) is 4.61. The van der Waals surface area contributed by atoms with Gasteiger partial charge in [-0.1, -0.05) is 12.1 Å². The lowest BCUT2D eigenvalue weighted by Gasteiger charge is -2.39. The average Bonchev–Trinajstić information content (AvgIpc) is 2.37. The van der Waals surface area contributed by atoms with E-state index in [1.165, 1.54) is 22.3 Å². The van der Waals surface area contributed by atoms with Gasteiger partial charge in [0.25, 0.3) is 0 Å². The normalized spacial score (nSPS) is 18.8. The molecule has 1 aliphatic heterocycles. The lowest BCUT2D eigenvalue weighted by Crippen LogP contribution is -2.48. The largest absolute Gasteiger partial charge is 0.314 e. The minimum Gasteiger partial charge on any atom is -0.314 e. The van der Waals surface area contributed by atoms with Crippen LogP contribution in [0.5, 0.6) is 0 Å². The van der Waals surface area contributed by atoms with E-state index in [1.54, 1.807) is 0 Å². The smallest absolute Gasteiger partial charge is 0.0884 e. The summed E-state index contributed by atoms with van der Waals surface area (Å²) in [6, 6.07) is 4.70. The van der Waals surface area contributed by atoms with E-state index >= 15 is 0 Å². The second kappa shape index (κ2) is 6.04. The predicted molar refractivity (Wildman–Crippen MR) is 81.5 cm³/mol. The van der Waals surface area contributed by atoms with E-state index in [0.717, 1.165) is 26.2 Å². The average molecular weight is 261 g/mol. The van der Waals surface area contributed by atoms with Crippen molar-refractivity contribution < 1.29 is 0 Å². The quantitative estimate of drug-likeness (QED) is 0.899. The van der Waals surface area contributed by atoms with E-state index in [4.69, 9.17) is 0 Å². The molecule has 3 nitrogen and oxygen atoms in total. The summed E-state index contributed by atoms with van der Waals surface area (Å²) in [4.78, 5) is 4.91. The van der Waals surface area contributed by atoms with Crippen LogP contribution in [0.1, 0.15) is 28.4 Å². The molecule has 1 N–H and O–H groups in total. The van der Waals surface area contributed by atoms with Crippen LogP contribution in [0.3, 0.4) is 0 Å². The van der Waals surface area contributed by atoms with Gasteiger partial charge in [0.1, 0.15) is 0 Å². The highest BCUT2D eigenvalue weighted by molar-refractivity contribution is 5.38. The first-order chi connectivity index (χ1) is 9.00. The molecule has 0 spiro atoms. The molecule has 3 heteroatoms. The molecular formula is C16H27N3. The monoisotopic (exact) mass is 261 g/mol. The van der Waals surface area contributed by atoms with E-state index in [9.17, 15) is 0 Å². The molecule has 2 rings (SSSR count). The summed E-state index contributed by atoms with van der Waals surface area (Å²) >= 11 is 0. The maximum absolute atomic E-state index is 3.43. The van der Waals surface area contributed by atoms with Crippen LogP contribution in [0.2, 0.25) is 0 Å². The Bertz CT molecular complexity index is 434. The zero-order valence-corrected chi connectivity index (χ0v) is 13.0. The summed E-state index contributed by atoms with van der Waals surface area (Å²) in [5.74, 6) is 0. The van der Waals surface area contributed by atoms with Gasteiger partial charge in [-0.05, 0) is 57.1 Å². The number of piperazine rings is 1. The highest BCUT2D eigenvalue weighted by atomic mass is 15.3. The molecular weight excluding hydrogens is 234 g/mol. The summed E-state index contributed by atoms with van der Waals surface area (Å²) < 4.78 is 0. The van der Waals surface area contributed by atoms with Gasteiger partial charge in [0, 0.05) is 26.2 Å². The molecule has 1 aromatic rings. The van der Waals surface area contributed by atoms with E-state index < -0.39 is 0 Å². The van der Waals surface area contributed by atoms with Gasteiger partial charge >= 0.3 is 0 Å². The number of hydrogen-bond donors (Lipinski definition) is 1. The summed E-state index contributed by atoms with van der Waals surface area (Å²) in [6.45, 7) is 11.1. The number of nitrogens with zero attached hydrogens (tertiary/aromatic N) is 2. The maximum Gasteiger partial charge on any atom is 0.0884 e. The van der Waals surface area contributed by atoms with Gasteiger partial charge in [0.2, 0.25) is 0 Å². The van der Waals surface area contributed by atoms with Crippen molar-refractivity contribution in [2.24, 2.45) is 0 Å². The SMILES string of the molecule is Cc1cc(C)c(C(N(C)C)N2CCNCC2)cc1C. The van der Waals surface area contributed by atoms with E-state index in [-0.39, 0.29) is 0 Å². The molecule has 1 heterocycles. The summed E-state index contributed by atoms with van der Waals surface area (Å²) in [5, 5.41) is 3.43. The standard InChI is InChI=1S/C16H27N3/c1-12-10-14(3)15(11-13(12)2)16(18(4)5)19-8-6-17-7-9-19/h10-11,16-17H,6-9H2,1-5H3. The van der Waals surface area contributed by atoms with Crippen molar-refractivity contribution in [3.63, 3.8) is 0 Å². The molecule has 1 fully saturated rings. The highest BCUT2D eigenvalue weighted by Gasteiger charge is 2.25. The lowest BCUT2D eigenvalue weighted by molar-refractivity contribution is 0.0668. The number of benzene rings is 1. The zero-order chi connectivity index (χ0) is 14.0. The predicted octanol–water partition coefficient (Wildman–Crippen LogP) is 2.08. The molecule has 1 unspecified atom stereocenters. The van der Waals surface area contributed by atoms with Crippen LogP contribution in [0.4, 0.5) is 0 Å². The fourth-order valence-corrected chi connectivity index (χ4v) is 2.99. The van der Waals surface area contributed by atoms with Gasteiger partial charge in [0.05, 0.1) is 6.17 Å². The molecule has 106 valence electrons. The van der Waals surface area contributed by atoms with Crippen molar-refractivity contribution in [2.45, 2.75) is 26.9 Å². The second-order valence-corrected chi connectivity index (χ2v) is 5.92. The maximum atomic E-state index is 3.43. The number of rotatable bonds is 3. The Hall–Kier alpha value is -0.900. The van der Waals surface area contributed by atoms with Crippen molar-refractivity contribution in [3.05, 3.63) is 34.4 Å². The molecule has 1 aromatic carbocycles. The Morgan fingerprint density at radius 3 is 2.16 bits per heavy atom. The van der Waals surface area contributed by atoms with Crippen molar-refractivity contribution in [3.8, 4) is 0 Å². The Morgan fingerprint density at radius 2 is 1.58 bits per heavy atom. The molecule has 1 saturated heterocycles. The van der Waals surface area contributed by atoms with Gasteiger partial charge < -0.3 is 5.32 Å². The first kappa shape index (κ1) is 14.5. The molecule has 1 atom stereocenters. The van der Waals surface area contributed by atoms with Gasteiger partial charge in [-0.2, -0.15) is 0 Å². The topological polar surface area (TPSA) is 18.5 Å². The van der Waals surface area contributed by atoms with Crippen molar-refractivity contribution in [2.75, 3.05) is 40.3 Å². The lowest BCUT2D eigenvalue weighted by atomic mass is 9.97. The summed E-state index contributed by atoms with van der Waals surface area (Å²) in [6.07, 6.45) is 0.390. The Labute approximate surface area is 117 Å². The second-order valence-electron chi connectivity index (χ2n) is 5.92. The van der Waals surface area contributed by atoms with E-state index in [0.29, 0.717) is 6.17 Å². The zero-order valence-electron chi connectivity index (χ0n) is 13.0. The third-order valence-electron chi connectivity index (χ3n) is 4.15. The van der Waals surface area contributed by atoms with Crippen molar-refractivity contribution in [1.29, 1.82) is 0 Å². The fourth-order valence-electron chi connectivity index (χ4n) is 2.99. The minimum atomic E-state index is 0.390. The molecule has 0 aromatic heterocycles. The van der Waals surface area contributed by atoms with Gasteiger partial charge in [0.15, 0.2) is 0 Å². The molecule has 0 aliphatic carbocycles. The van der Waals surface area contributed by atoms with Crippen molar-refractivity contribution in [1.82, 2.24) is 15.1 Å². The van der Waals surface area contributed by atoms with Crippen LogP contribution in [0, 0.1) is 20.8 Å². The molecule has 0 amide bonds. The fraction of sp³-hybridized carbons (Fsp3) is 0.625. The third kappa shape index (κ3) is 3.16. The van der Waals surface area contributed by atoms with Crippen LogP contribution >= 0.6 is 0 Å². The van der Waals surface area contributed by atoms with Crippen LogP contribution < -0.4 is 5.32 Å².